The smallest absolute Gasteiger partial charge is 0.306 e. The van der Waals surface area contributed by atoms with Crippen molar-refractivity contribution in [2.75, 3.05) is 13.2 Å². The molecule has 0 aliphatic heterocycles. The van der Waals surface area contributed by atoms with Crippen LogP contribution in [0.25, 0.3) is 0 Å². The van der Waals surface area contributed by atoms with Crippen LogP contribution < -0.4 is 0 Å². The highest BCUT2D eigenvalue weighted by Crippen LogP contribution is 2.15. The molecule has 0 aliphatic carbocycles. The van der Waals surface area contributed by atoms with Gasteiger partial charge < -0.3 is 14.6 Å². The van der Waals surface area contributed by atoms with Crippen molar-refractivity contribution in [3.8, 4) is 0 Å². The summed E-state index contributed by atoms with van der Waals surface area (Å²) in [4.78, 5) is 12.2. The van der Waals surface area contributed by atoms with Crippen molar-refractivity contribution in [3.05, 3.63) is 0 Å². The molecule has 0 spiro atoms. The third kappa shape index (κ3) is 26.8. The predicted molar refractivity (Wildman–Crippen MR) is 159 cm³/mol. The highest BCUT2D eigenvalue weighted by Gasteiger charge is 2.21. The first kappa shape index (κ1) is 36.4. The molecule has 0 rings (SSSR count). The minimum Gasteiger partial charge on any atom is -0.460 e. The molecule has 0 fully saturated rings. The first-order valence-corrected chi connectivity index (χ1v) is 16.6. The normalized spacial score (nSPS) is 13.1. The lowest BCUT2D eigenvalue weighted by atomic mass is 10.0. The Kier molecular flexibility index (Phi) is 29.4. The van der Waals surface area contributed by atoms with Gasteiger partial charge in [0.15, 0.2) is 0 Å². The molecule has 4 nitrogen and oxygen atoms in total. The van der Waals surface area contributed by atoms with Gasteiger partial charge in [-0.25, -0.2) is 0 Å². The molecular weight excluding hydrogens is 460 g/mol. The predicted octanol–water partition coefficient (Wildman–Crippen LogP) is 10.1. The summed E-state index contributed by atoms with van der Waals surface area (Å²) in [6, 6.07) is 0. The van der Waals surface area contributed by atoms with Crippen LogP contribution in [0.15, 0.2) is 0 Å². The molecule has 0 bridgehead atoms. The van der Waals surface area contributed by atoms with Crippen LogP contribution >= 0.6 is 0 Å². The van der Waals surface area contributed by atoms with E-state index in [1.165, 1.54) is 122 Å². The molecule has 0 aromatic heterocycles. The molecule has 0 saturated carbocycles. The summed E-state index contributed by atoms with van der Waals surface area (Å²) in [5.41, 5.74) is 0. The number of aliphatic hydroxyl groups excluding tert-OH is 1. The number of hydrogen-bond donors (Lipinski definition) is 1. The minimum atomic E-state index is -0.731. The van der Waals surface area contributed by atoms with Gasteiger partial charge in [-0.05, 0) is 19.3 Å². The quantitative estimate of drug-likeness (QED) is 0.0747. The number of rotatable bonds is 30. The first-order valence-electron chi connectivity index (χ1n) is 16.6. The zero-order chi connectivity index (χ0) is 27.2. The third-order valence-corrected chi connectivity index (χ3v) is 7.53. The number of unbranched alkanes of at least 4 members (excludes halogenated alkanes) is 21. The molecule has 1 N–H and O–H groups in total. The molecule has 0 aliphatic rings. The number of ether oxygens (including phenoxy) is 2. The van der Waals surface area contributed by atoms with E-state index in [2.05, 4.69) is 13.8 Å². The largest absolute Gasteiger partial charge is 0.460 e. The van der Waals surface area contributed by atoms with Crippen molar-refractivity contribution in [2.24, 2.45) is 0 Å². The van der Waals surface area contributed by atoms with Crippen LogP contribution in [0.2, 0.25) is 0 Å². The molecule has 222 valence electrons. The highest BCUT2D eigenvalue weighted by molar-refractivity contribution is 5.69. The van der Waals surface area contributed by atoms with Crippen molar-refractivity contribution in [1.29, 1.82) is 0 Å². The topological polar surface area (TPSA) is 55.8 Å². The second-order valence-corrected chi connectivity index (χ2v) is 11.3. The summed E-state index contributed by atoms with van der Waals surface area (Å²) >= 11 is 0. The third-order valence-electron chi connectivity index (χ3n) is 7.53. The Balaban J connectivity index is 3.43. The van der Waals surface area contributed by atoms with Gasteiger partial charge in [0.1, 0.15) is 12.2 Å². The maximum Gasteiger partial charge on any atom is 0.306 e. The zero-order valence-electron chi connectivity index (χ0n) is 25.4. The zero-order valence-corrected chi connectivity index (χ0v) is 25.4. The molecule has 0 aromatic rings. The monoisotopic (exact) mass is 526 g/mol. The van der Waals surface area contributed by atoms with E-state index in [0.717, 1.165) is 25.7 Å². The molecule has 0 aromatic carbocycles. The van der Waals surface area contributed by atoms with Gasteiger partial charge in [0.25, 0.3) is 0 Å². The Morgan fingerprint density at radius 1 is 0.568 bits per heavy atom. The maximum atomic E-state index is 12.2. The van der Waals surface area contributed by atoms with Crippen LogP contribution in [-0.4, -0.2) is 36.5 Å². The van der Waals surface area contributed by atoms with E-state index in [1.54, 1.807) is 0 Å². The van der Waals surface area contributed by atoms with Crippen LogP contribution in [0.5, 0.6) is 0 Å². The fourth-order valence-corrected chi connectivity index (χ4v) is 4.95. The molecule has 0 heterocycles. The van der Waals surface area contributed by atoms with E-state index in [1.807, 2.05) is 6.92 Å². The Morgan fingerprint density at radius 2 is 0.946 bits per heavy atom. The number of carbonyl (C=O) groups is 1. The van der Waals surface area contributed by atoms with Crippen LogP contribution in [0.3, 0.4) is 0 Å². The molecule has 2 unspecified atom stereocenters. The fourth-order valence-electron chi connectivity index (χ4n) is 4.95. The average Bonchev–Trinajstić information content (AvgIpc) is 2.90. The molecule has 2 atom stereocenters. The molecular formula is C33H66O4. The van der Waals surface area contributed by atoms with Gasteiger partial charge in [-0.2, -0.15) is 0 Å². The second-order valence-electron chi connectivity index (χ2n) is 11.3. The molecule has 0 radical (unpaired) electrons. The Labute approximate surface area is 232 Å². The van der Waals surface area contributed by atoms with E-state index in [0.29, 0.717) is 19.4 Å². The van der Waals surface area contributed by atoms with Gasteiger partial charge in [-0.15, -0.1) is 0 Å². The summed E-state index contributed by atoms with van der Waals surface area (Å²) in [6.45, 7) is 7.33. The SMILES string of the molecule is CCCCCCCCCCCCCCCCCCCCCC(=O)OC(CC)C(O)COCCCCCC. The van der Waals surface area contributed by atoms with Gasteiger partial charge >= 0.3 is 5.97 Å². The van der Waals surface area contributed by atoms with E-state index < -0.39 is 12.2 Å². The Bertz CT molecular complexity index is 454. The lowest BCUT2D eigenvalue weighted by molar-refractivity contribution is -0.157. The number of carbonyl (C=O) groups excluding carboxylic acids is 1. The standard InChI is InChI=1S/C33H66O4/c1-4-7-9-11-12-13-14-15-16-17-18-19-20-21-22-23-24-25-26-28-33(35)37-32(6-3)31(34)30-36-29-27-10-8-5-2/h31-32,34H,4-30H2,1-3H3. The van der Waals surface area contributed by atoms with Crippen molar-refractivity contribution in [3.63, 3.8) is 0 Å². The van der Waals surface area contributed by atoms with Gasteiger partial charge in [-0.1, -0.05) is 156 Å². The number of hydrogen-bond acceptors (Lipinski definition) is 4. The summed E-state index contributed by atoms with van der Waals surface area (Å²) in [5, 5.41) is 10.3. The second kappa shape index (κ2) is 29.9. The van der Waals surface area contributed by atoms with Gasteiger partial charge in [0.05, 0.1) is 6.61 Å². The minimum absolute atomic E-state index is 0.180. The van der Waals surface area contributed by atoms with Gasteiger partial charge in [-0.3, -0.25) is 4.79 Å². The van der Waals surface area contributed by atoms with E-state index in [-0.39, 0.29) is 12.6 Å². The van der Waals surface area contributed by atoms with Crippen molar-refractivity contribution in [1.82, 2.24) is 0 Å². The molecule has 0 amide bonds. The number of aliphatic hydroxyl groups is 1. The first-order chi connectivity index (χ1) is 18.2. The van der Waals surface area contributed by atoms with Gasteiger partial charge in [0, 0.05) is 13.0 Å². The van der Waals surface area contributed by atoms with E-state index in [9.17, 15) is 9.90 Å². The molecule has 0 saturated heterocycles. The summed E-state index contributed by atoms with van der Waals surface area (Å²) < 4.78 is 11.1. The van der Waals surface area contributed by atoms with Crippen molar-refractivity contribution < 1.29 is 19.4 Å². The Hall–Kier alpha value is -0.610. The lowest BCUT2D eigenvalue weighted by Crippen LogP contribution is -2.34. The molecule has 4 heteroatoms. The summed E-state index contributed by atoms with van der Waals surface area (Å²) in [6.07, 6.45) is 30.1. The highest BCUT2D eigenvalue weighted by atomic mass is 16.6. The van der Waals surface area contributed by atoms with Crippen LogP contribution in [-0.2, 0) is 14.3 Å². The van der Waals surface area contributed by atoms with Crippen molar-refractivity contribution in [2.45, 2.75) is 193 Å². The van der Waals surface area contributed by atoms with Crippen molar-refractivity contribution >= 4 is 5.97 Å². The average molecular weight is 527 g/mol. The lowest BCUT2D eigenvalue weighted by Gasteiger charge is -2.22. The van der Waals surface area contributed by atoms with Crippen LogP contribution in [0, 0.1) is 0 Å². The fraction of sp³-hybridized carbons (Fsp3) is 0.970. The maximum absolute atomic E-state index is 12.2. The molecule has 37 heavy (non-hydrogen) atoms. The Morgan fingerprint density at radius 3 is 1.35 bits per heavy atom. The summed E-state index contributed by atoms with van der Waals surface area (Å²) in [7, 11) is 0. The van der Waals surface area contributed by atoms with Crippen LogP contribution in [0.1, 0.15) is 181 Å². The van der Waals surface area contributed by atoms with E-state index >= 15 is 0 Å². The van der Waals surface area contributed by atoms with Gasteiger partial charge in [0.2, 0.25) is 0 Å². The van der Waals surface area contributed by atoms with E-state index in [4.69, 9.17) is 9.47 Å². The number of esters is 1. The van der Waals surface area contributed by atoms with Crippen LogP contribution in [0.4, 0.5) is 0 Å². The summed E-state index contributed by atoms with van der Waals surface area (Å²) in [5.74, 6) is -0.180.